The van der Waals surface area contributed by atoms with Gasteiger partial charge in [-0.3, -0.25) is 4.98 Å². The molecule has 3 heterocycles. The summed E-state index contributed by atoms with van der Waals surface area (Å²) < 4.78 is 80.5. The highest BCUT2D eigenvalue weighted by Crippen LogP contribution is 2.40. The Labute approximate surface area is 196 Å². The number of carbonyl (C=O) groups excluding carboxylic acids is 1. The van der Waals surface area contributed by atoms with E-state index in [0.717, 1.165) is 19.2 Å². The topological polar surface area (TPSA) is 93.9 Å². The number of urea groups is 1. The van der Waals surface area contributed by atoms with Gasteiger partial charge in [0.25, 0.3) is 12.3 Å². The first-order valence-corrected chi connectivity index (χ1v) is 10.4. The summed E-state index contributed by atoms with van der Waals surface area (Å²) >= 11 is 0. The number of carbonyl (C=O) groups is 1. The molecule has 3 aromatic heterocycles. The zero-order chi connectivity index (χ0) is 25.9. The minimum Gasteiger partial charge on any atom is -0.494 e. The van der Waals surface area contributed by atoms with E-state index < -0.39 is 43.0 Å². The highest BCUT2D eigenvalue weighted by molar-refractivity contribution is 5.75. The second kappa shape index (κ2) is 10.3. The van der Waals surface area contributed by atoms with Gasteiger partial charge in [0.15, 0.2) is 11.7 Å². The molecule has 2 unspecified atom stereocenters. The molecule has 35 heavy (non-hydrogen) atoms. The number of halogens is 5. The van der Waals surface area contributed by atoms with E-state index in [9.17, 15) is 26.7 Å². The van der Waals surface area contributed by atoms with Crippen molar-refractivity contribution in [1.29, 1.82) is 0 Å². The Hall–Kier alpha value is -3.71. The molecule has 0 bridgehead atoms. The van der Waals surface area contributed by atoms with Crippen molar-refractivity contribution in [3.63, 3.8) is 0 Å². The molecule has 0 aliphatic carbocycles. The number of amides is 2. The van der Waals surface area contributed by atoms with E-state index in [0.29, 0.717) is 10.5 Å². The predicted octanol–water partition coefficient (Wildman–Crippen LogP) is 4.10. The van der Waals surface area contributed by atoms with Crippen LogP contribution in [0.25, 0.3) is 16.9 Å². The molecule has 0 aliphatic rings. The van der Waals surface area contributed by atoms with Crippen LogP contribution >= 0.6 is 0 Å². The normalized spacial score (nSPS) is 13.5. The van der Waals surface area contributed by atoms with E-state index in [1.165, 1.54) is 33.5 Å². The summed E-state index contributed by atoms with van der Waals surface area (Å²) in [5.41, 5.74) is 0.159. The van der Waals surface area contributed by atoms with E-state index in [2.05, 4.69) is 15.0 Å². The number of nitrogens with zero attached hydrogens (tertiary/aromatic N) is 5. The number of hydrogen-bond donors (Lipinski definition) is 1. The van der Waals surface area contributed by atoms with Gasteiger partial charge in [-0.05, 0) is 19.9 Å². The molecule has 0 saturated heterocycles. The van der Waals surface area contributed by atoms with E-state index >= 15 is 0 Å². The van der Waals surface area contributed by atoms with Gasteiger partial charge in [0.1, 0.15) is 5.75 Å². The number of alkyl halides is 5. The molecule has 1 N–H and O–H groups in total. The number of rotatable bonds is 8. The van der Waals surface area contributed by atoms with Crippen LogP contribution in [0.4, 0.5) is 26.7 Å². The third kappa shape index (κ3) is 5.35. The molecular formula is C21H23F5N6O3. The number of fused-ring (bicyclic) bond motifs is 1. The van der Waals surface area contributed by atoms with Crippen LogP contribution in [0.2, 0.25) is 0 Å². The fourth-order valence-corrected chi connectivity index (χ4v) is 3.43. The highest BCUT2D eigenvalue weighted by atomic mass is 19.4. The number of methoxy groups -OCH3 is 2. The quantitative estimate of drug-likeness (QED) is 0.467. The molecule has 0 radical (unpaired) electrons. The van der Waals surface area contributed by atoms with Crippen LogP contribution in [-0.4, -0.2) is 69.7 Å². The van der Waals surface area contributed by atoms with Gasteiger partial charge in [-0.15, -0.1) is 0 Å². The lowest BCUT2D eigenvalue weighted by atomic mass is 10.1. The van der Waals surface area contributed by atoms with Crippen LogP contribution in [0.3, 0.4) is 0 Å². The number of pyridine rings is 1. The molecule has 0 saturated carbocycles. The van der Waals surface area contributed by atoms with Gasteiger partial charge in [-0.25, -0.2) is 23.5 Å². The molecule has 190 valence electrons. The predicted molar refractivity (Wildman–Crippen MR) is 114 cm³/mol. The third-order valence-electron chi connectivity index (χ3n) is 5.15. The fraction of sp³-hybridized carbons (Fsp3) is 0.429. The number of aromatic nitrogens is 4. The Bertz CT molecular complexity index is 1190. The third-order valence-corrected chi connectivity index (χ3v) is 5.15. The van der Waals surface area contributed by atoms with Gasteiger partial charge in [-0.2, -0.15) is 13.2 Å². The smallest absolute Gasteiger partial charge is 0.414 e. The largest absolute Gasteiger partial charge is 0.494 e. The summed E-state index contributed by atoms with van der Waals surface area (Å²) in [5.74, 6) is 0.235. The Morgan fingerprint density at radius 1 is 1.23 bits per heavy atom. The zero-order valence-electron chi connectivity index (χ0n) is 19.2. The first-order valence-electron chi connectivity index (χ1n) is 10.4. The molecule has 9 nitrogen and oxygen atoms in total. The summed E-state index contributed by atoms with van der Waals surface area (Å²) in [5, 5.41) is 1.90. The molecule has 3 rings (SSSR count). The van der Waals surface area contributed by atoms with Crippen LogP contribution in [0.1, 0.15) is 25.6 Å². The maximum atomic E-state index is 14.2. The standard InChI is InChI=1S/C21H23F5N6O3/c1-5-32(20(33)29-11(2)17(22)23)16(21(24,25)26)13-8-12(15(34-3)9-28-13)14-10-31-7-6-27-18(31)19(30-14)35-4/h6-11,16-17H,5H2,1-4H3,(H,29,33). The number of imidazole rings is 1. The summed E-state index contributed by atoms with van der Waals surface area (Å²) in [4.78, 5) is 25.2. The Kier molecular flexibility index (Phi) is 7.60. The van der Waals surface area contributed by atoms with Crippen LogP contribution in [-0.2, 0) is 0 Å². The van der Waals surface area contributed by atoms with Gasteiger partial charge < -0.3 is 24.1 Å². The van der Waals surface area contributed by atoms with Crippen molar-refractivity contribution >= 4 is 11.7 Å². The van der Waals surface area contributed by atoms with Gasteiger partial charge in [0.05, 0.1) is 37.8 Å². The molecule has 3 aromatic rings. The Balaban J connectivity index is 2.13. The highest BCUT2D eigenvalue weighted by Gasteiger charge is 2.47. The van der Waals surface area contributed by atoms with Gasteiger partial charge in [0, 0.05) is 30.7 Å². The van der Waals surface area contributed by atoms with Crippen molar-refractivity contribution in [2.45, 2.75) is 38.5 Å². The average Bonchev–Trinajstić information content (AvgIpc) is 3.29. The molecule has 2 atom stereocenters. The number of ether oxygens (including phenoxy) is 2. The lowest BCUT2D eigenvalue weighted by molar-refractivity contribution is -0.179. The van der Waals surface area contributed by atoms with Crippen molar-refractivity contribution < 1.29 is 36.2 Å². The van der Waals surface area contributed by atoms with Crippen LogP contribution in [0, 0.1) is 0 Å². The van der Waals surface area contributed by atoms with Crippen LogP contribution < -0.4 is 14.8 Å². The first kappa shape index (κ1) is 25.9. The Morgan fingerprint density at radius 3 is 2.51 bits per heavy atom. The van der Waals surface area contributed by atoms with Crippen LogP contribution in [0.5, 0.6) is 11.6 Å². The minimum absolute atomic E-state index is 0.113. The maximum Gasteiger partial charge on any atom is 0.414 e. The van der Waals surface area contributed by atoms with Crippen molar-refractivity contribution in [3.8, 4) is 22.9 Å². The van der Waals surface area contributed by atoms with Crippen molar-refractivity contribution in [2.75, 3.05) is 20.8 Å². The van der Waals surface area contributed by atoms with Crippen molar-refractivity contribution in [1.82, 2.24) is 29.6 Å². The van der Waals surface area contributed by atoms with Gasteiger partial charge in [-0.1, -0.05) is 0 Å². The summed E-state index contributed by atoms with van der Waals surface area (Å²) in [6.07, 6.45) is -2.24. The van der Waals surface area contributed by atoms with Crippen molar-refractivity contribution in [2.24, 2.45) is 0 Å². The van der Waals surface area contributed by atoms with Gasteiger partial charge >= 0.3 is 12.2 Å². The molecule has 0 spiro atoms. The SMILES string of the molecule is CCN(C(=O)NC(C)C(F)F)C(c1cc(-c2cn3ccnc3c(OC)n2)c(OC)cn1)C(F)(F)F. The molecule has 0 fully saturated rings. The lowest BCUT2D eigenvalue weighted by Gasteiger charge is -2.33. The molecular weight excluding hydrogens is 479 g/mol. The number of nitrogens with one attached hydrogen (secondary N) is 1. The number of hydrogen-bond acceptors (Lipinski definition) is 6. The van der Waals surface area contributed by atoms with E-state index in [4.69, 9.17) is 9.47 Å². The second-order valence-electron chi connectivity index (χ2n) is 7.41. The molecule has 0 aromatic carbocycles. The van der Waals surface area contributed by atoms with Crippen LogP contribution in [0.15, 0.2) is 30.9 Å². The summed E-state index contributed by atoms with van der Waals surface area (Å²) in [6, 6.07) is -4.39. The summed E-state index contributed by atoms with van der Waals surface area (Å²) in [6.45, 7) is 1.87. The first-order chi connectivity index (χ1) is 16.5. The second-order valence-corrected chi connectivity index (χ2v) is 7.41. The molecule has 0 aliphatic heterocycles. The van der Waals surface area contributed by atoms with E-state index in [1.807, 2.05) is 5.32 Å². The maximum absolute atomic E-state index is 14.2. The summed E-state index contributed by atoms with van der Waals surface area (Å²) in [7, 11) is 2.68. The van der Waals surface area contributed by atoms with Gasteiger partial charge in [0.2, 0.25) is 0 Å². The minimum atomic E-state index is -4.97. The molecule has 14 heteroatoms. The monoisotopic (exact) mass is 502 g/mol. The fourth-order valence-electron chi connectivity index (χ4n) is 3.43. The molecule has 2 amide bonds. The zero-order valence-corrected chi connectivity index (χ0v) is 19.2. The Morgan fingerprint density at radius 2 is 1.94 bits per heavy atom. The lowest BCUT2D eigenvalue weighted by Crippen LogP contribution is -2.50. The average molecular weight is 502 g/mol. The van der Waals surface area contributed by atoms with E-state index in [1.54, 1.807) is 10.6 Å². The van der Waals surface area contributed by atoms with E-state index in [-0.39, 0.29) is 22.9 Å². The van der Waals surface area contributed by atoms with Crippen molar-refractivity contribution in [3.05, 3.63) is 36.5 Å².